The molecule has 10 nitrogen and oxygen atoms in total. The molecule has 4 aromatic rings. The predicted octanol–water partition coefficient (Wildman–Crippen LogP) is 2.70. The molecule has 3 heterocycles. The number of tetrazole rings is 1. The summed E-state index contributed by atoms with van der Waals surface area (Å²) in [5.41, 5.74) is 4.98. The predicted molar refractivity (Wildman–Crippen MR) is 142 cm³/mol. The number of aromatic nitrogens is 5. The summed E-state index contributed by atoms with van der Waals surface area (Å²) in [4.78, 5) is 21.2. The fourth-order valence-corrected chi connectivity index (χ4v) is 5.06. The normalized spacial score (nSPS) is 15.3. The number of piperazine rings is 1. The molecule has 1 N–H and O–H groups in total. The number of aromatic amines is 1. The highest BCUT2D eigenvalue weighted by atomic mass is 16.5. The molecule has 194 valence electrons. The Labute approximate surface area is 215 Å². The molecule has 10 heteroatoms. The topological polar surface area (TPSA) is 101 Å². The van der Waals surface area contributed by atoms with Crippen LogP contribution in [0.5, 0.6) is 5.75 Å². The quantitative estimate of drug-likeness (QED) is 0.392. The van der Waals surface area contributed by atoms with Crippen LogP contribution in [0.25, 0.3) is 10.9 Å². The summed E-state index contributed by atoms with van der Waals surface area (Å²) in [5, 5.41) is 13.4. The van der Waals surface area contributed by atoms with Gasteiger partial charge in [0, 0.05) is 55.4 Å². The molecule has 0 bridgehead atoms. The third-order valence-corrected chi connectivity index (χ3v) is 7.07. The van der Waals surface area contributed by atoms with E-state index in [0.717, 1.165) is 42.8 Å². The van der Waals surface area contributed by atoms with Crippen molar-refractivity contribution in [3.63, 3.8) is 0 Å². The van der Waals surface area contributed by atoms with E-state index in [4.69, 9.17) is 9.47 Å². The Bertz CT molecular complexity index is 1440. The van der Waals surface area contributed by atoms with Gasteiger partial charge < -0.3 is 19.4 Å². The van der Waals surface area contributed by atoms with E-state index < -0.39 is 6.04 Å². The number of pyridine rings is 1. The van der Waals surface area contributed by atoms with Crippen LogP contribution in [0.2, 0.25) is 0 Å². The van der Waals surface area contributed by atoms with Gasteiger partial charge in [-0.1, -0.05) is 12.1 Å². The number of H-pyrrole nitrogens is 1. The molecule has 1 aliphatic rings. The lowest BCUT2D eigenvalue weighted by Crippen LogP contribution is -2.49. The molecule has 0 radical (unpaired) electrons. The molecule has 0 unspecified atom stereocenters. The van der Waals surface area contributed by atoms with Gasteiger partial charge in [-0.2, -0.15) is 0 Å². The molecule has 0 amide bonds. The van der Waals surface area contributed by atoms with Gasteiger partial charge in [-0.25, -0.2) is 4.68 Å². The molecule has 2 aromatic heterocycles. The molecule has 1 atom stereocenters. The lowest BCUT2D eigenvalue weighted by molar-refractivity contribution is 0.171. The summed E-state index contributed by atoms with van der Waals surface area (Å²) in [7, 11) is 3.28. The molecular weight excluding hydrogens is 470 g/mol. The van der Waals surface area contributed by atoms with E-state index in [0.29, 0.717) is 24.5 Å². The minimum Gasteiger partial charge on any atom is -0.497 e. The molecule has 5 rings (SSSR count). The van der Waals surface area contributed by atoms with Crippen molar-refractivity contribution in [1.29, 1.82) is 0 Å². The first-order valence-corrected chi connectivity index (χ1v) is 12.5. The van der Waals surface area contributed by atoms with E-state index in [1.807, 2.05) is 24.3 Å². The van der Waals surface area contributed by atoms with Gasteiger partial charge in [0.15, 0.2) is 5.82 Å². The second-order valence-electron chi connectivity index (χ2n) is 9.48. The SMILES string of the molecule is COCCn1nnnc1[C@@H](c1cc2cc(OC)ccc2[nH]c1=O)N1CCN(c2cc(C)ccc2C)CC1. The second-order valence-corrected chi connectivity index (χ2v) is 9.48. The zero-order valence-corrected chi connectivity index (χ0v) is 21.8. The first kappa shape index (κ1) is 24.9. The Morgan fingerprint density at radius 2 is 1.84 bits per heavy atom. The summed E-state index contributed by atoms with van der Waals surface area (Å²) < 4.78 is 12.4. The van der Waals surface area contributed by atoms with Crippen molar-refractivity contribution in [3.05, 3.63) is 75.3 Å². The third-order valence-electron chi connectivity index (χ3n) is 7.07. The Hall–Kier alpha value is -3.76. The van der Waals surface area contributed by atoms with Gasteiger partial charge in [0.25, 0.3) is 5.56 Å². The number of anilines is 1. The van der Waals surface area contributed by atoms with Crippen molar-refractivity contribution in [2.45, 2.75) is 26.4 Å². The van der Waals surface area contributed by atoms with Crippen LogP contribution in [0, 0.1) is 13.8 Å². The van der Waals surface area contributed by atoms with Crippen LogP contribution in [0.15, 0.2) is 47.3 Å². The molecule has 1 aliphatic heterocycles. The summed E-state index contributed by atoms with van der Waals surface area (Å²) in [5.74, 6) is 1.36. The van der Waals surface area contributed by atoms with Gasteiger partial charge in [-0.3, -0.25) is 9.69 Å². The van der Waals surface area contributed by atoms with E-state index in [1.165, 1.54) is 16.8 Å². The minimum absolute atomic E-state index is 0.152. The van der Waals surface area contributed by atoms with Crippen LogP contribution in [0.3, 0.4) is 0 Å². The highest BCUT2D eigenvalue weighted by molar-refractivity contribution is 5.80. The Kier molecular flexibility index (Phi) is 7.20. The van der Waals surface area contributed by atoms with Gasteiger partial charge in [-0.05, 0) is 65.7 Å². The molecule has 2 aromatic carbocycles. The summed E-state index contributed by atoms with van der Waals surface area (Å²) in [6, 6.07) is 13.7. The Morgan fingerprint density at radius 3 is 2.59 bits per heavy atom. The molecular formula is C27H33N7O3. The van der Waals surface area contributed by atoms with Crippen LogP contribution >= 0.6 is 0 Å². The number of fused-ring (bicyclic) bond motifs is 1. The van der Waals surface area contributed by atoms with Crippen molar-refractivity contribution < 1.29 is 9.47 Å². The minimum atomic E-state index is -0.410. The number of rotatable bonds is 8. The monoisotopic (exact) mass is 503 g/mol. The number of methoxy groups -OCH3 is 2. The van der Waals surface area contributed by atoms with Crippen molar-refractivity contribution in [3.8, 4) is 5.75 Å². The lowest BCUT2D eigenvalue weighted by atomic mass is 10.0. The summed E-state index contributed by atoms with van der Waals surface area (Å²) >= 11 is 0. The van der Waals surface area contributed by atoms with Gasteiger partial charge >= 0.3 is 0 Å². The maximum atomic E-state index is 13.4. The zero-order valence-electron chi connectivity index (χ0n) is 21.8. The fraction of sp³-hybridized carbons (Fsp3) is 0.407. The van der Waals surface area contributed by atoms with Crippen LogP contribution in [0.1, 0.15) is 28.6 Å². The first-order valence-electron chi connectivity index (χ1n) is 12.5. The molecule has 0 saturated carbocycles. The Morgan fingerprint density at radius 1 is 1.03 bits per heavy atom. The first-order chi connectivity index (χ1) is 18.0. The number of aryl methyl sites for hydroxylation is 2. The molecule has 1 fully saturated rings. The molecule has 37 heavy (non-hydrogen) atoms. The summed E-state index contributed by atoms with van der Waals surface area (Å²) in [6.45, 7) is 8.41. The second kappa shape index (κ2) is 10.7. The lowest BCUT2D eigenvalue weighted by Gasteiger charge is -2.40. The van der Waals surface area contributed by atoms with Crippen molar-refractivity contribution in [1.82, 2.24) is 30.1 Å². The standard InChI is InChI=1S/C27H33N7O3/c1-18-5-6-19(2)24(15-18)32-9-11-33(12-10-32)25(26-29-30-31-34(26)13-14-36-3)22-17-20-16-21(37-4)7-8-23(20)28-27(22)35/h5-8,15-17,25H,9-14H2,1-4H3,(H,28,35)/t25-/m1/s1. The fourth-order valence-electron chi connectivity index (χ4n) is 5.06. The maximum Gasteiger partial charge on any atom is 0.253 e. The third kappa shape index (κ3) is 5.07. The number of nitrogens with zero attached hydrogens (tertiary/aromatic N) is 6. The van der Waals surface area contributed by atoms with Gasteiger partial charge in [0.1, 0.15) is 11.8 Å². The van der Waals surface area contributed by atoms with Crippen LogP contribution < -0.4 is 15.2 Å². The number of hydrogen-bond acceptors (Lipinski definition) is 8. The Balaban J connectivity index is 1.53. The van der Waals surface area contributed by atoms with Gasteiger partial charge in [0.05, 0.1) is 20.3 Å². The van der Waals surface area contributed by atoms with Crippen LogP contribution in [-0.2, 0) is 11.3 Å². The van der Waals surface area contributed by atoms with E-state index in [2.05, 4.69) is 62.4 Å². The van der Waals surface area contributed by atoms with Crippen molar-refractivity contribution in [2.75, 3.05) is 51.9 Å². The van der Waals surface area contributed by atoms with E-state index in [1.54, 1.807) is 18.9 Å². The van der Waals surface area contributed by atoms with E-state index >= 15 is 0 Å². The highest BCUT2D eigenvalue weighted by Crippen LogP contribution is 2.30. The van der Waals surface area contributed by atoms with Crippen molar-refractivity contribution >= 4 is 16.6 Å². The van der Waals surface area contributed by atoms with Gasteiger partial charge in [-0.15, -0.1) is 5.10 Å². The average molecular weight is 504 g/mol. The average Bonchev–Trinajstić information content (AvgIpc) is 3.37. The number of benzene rings is 2. The molecule has 1 saturated heterocycles. The molecule has 0 spiro atoms. The maximum absolute atomic E-state index is 13.4. The highest BCUT2D eigenvalue weighted by Gasteiger charge is 2.33. The van der Waals surface area contributed by atoms with Gasteiger partial charge in [0.2, 0.25) is 0 Å². The van der Waals surface area contributed by atoms with Crippen LogP contribution in [-0.4, -0.2) is 77.1 Å². The zero-order chi connectivity index (χ0) is 25.9. The van der Waals surface area contributed by atoms with E-state index in [9.17, 15) is 4.79 Å². The number of nitrogens with one attached hydrogen (secondary N) is 1. The molecule has 0 aliphatic carbocycles. The number of hydrogen-bond donors (Lipinski definition) is 1. The smallest absolute Gasteiger partial charge is 0.253 e. The van der Waals surface area contributed by atoms with Crippen LogP contribution in [0.4, 0.5) is 5.69 Å². The van der Waals surface area contributed by atoms with E-state index in [-0.39, 0.29) is 5.56 Å². The van der Waals surface area contributed by atoms with Crippen molar-refractivity contribution in [2.24, 2.45) is 0 Å². The number of ether oxygens (including phenoxy) is 2. The largest absolute Gasteiger partial charge is 0.497 e. The summed E-state index contributed by atoms with van der Waals surface area (Å²) in [6.07, 6.45) is 0.